The van der Waals surface area contributed by atoms with Crippen LogP contribution in [0.5, 0.6) is 5.75 Å². The molecule has 0 spiro atoms. The zero-order valence-corrected chi connectivity index (χ0v) is 23.8. The monoisotopic (exact) mass is 506 g/mol. The third-order valence-electron chi connectivity index (χ3n) is 9.41. The van der Waals surface area contributed by atoms with E-state index in [2.05, 4.69) is 49.9 Å². The van der Waals surface area contributed by atoms with E-state index in [4.69, 9.17) is 9.47 Å². The maximum atomic E-state index is 6.04. The fourth-order valence-corrected chi connectivity index (χ4v) is 6.63. The summed E-state index contributed by atoms with van der Waals surface area (Å²) in [5, 5.41) is 0. The molecule has 0 aliphatic heterocycles. The van der Waals surface area contributed by atoms with Gasteiger partial charge in [0.25, 0.3) is 0 Å². The van der Waals surface area contributed by atoms with E-state index in [-0.39, 0.29) is 0 Å². The predicted octanol–water partition coefficient (Wildman–Crippen LogP) is 9.87. The van der Waals surface area contributed by atoms with Crippen LogP contribution in [0.2, 0.25) is 0 Å². The highest BCUT2D eigenvalue weighted by molar-refractivity contribution is 5.27. The lowest BCUT2D eigenvalue weighted by molar-refractivity contribution is 0.0146. The maximum Gasteiger partial charge on any atom is 0.119 e. The number of rotatable bonds is 13. The second-order valence-corrected chi connectivity index (χ2v) is 12.6. The van der Waals surface area contributed by atoms with E-state index in [1.807, 2.05) is 0 Å². The molecule has 4 rings (SSSR count). The van der Waals surface area contributed by atoms with Gasteiger partial charge in [0.15, 0.2) is 0 Å². The van der Waals surface area contributed by atoms with Gasteiger partial charge in [-0.05, 0) is 131 Å². The fourth-order valence-electron chi connectivity index (χ4n) is 6.63. The van der Waals surface area contributed by atoms with E-state index >= 15 is 0 Å². The average molecular weight is 507 g/mol. The molecule has 0 atom stereocenters. The molecule has 3 aliphatic carbocycles. The minimum absolute atomic E-state index is 0.487. The van der Waals surface area contributed by atoms with Gasteiger partial charge >= 0.3 is 0 Å². The lowest BCUT2D eigenvalue weighted by Gasteiger charge is -2.27. The number of hydrogen-bond acceptors (Lipinski definition) is 2. The van der Waals surface area contributed by atoms with E-state index in [1.54, 1.807) is 0 Å². The second-order valence-electron chi connectivity index (χ2n) is 12.6. The Morgan fingerprint density at radius 2 is 1.43 bits per heavy atom. The Morgan fingerprint density at radius 3 is 2.14 bits per heavy atom. The molecule has 3 fully saturated rings. The molecular weight excluding hydrogens is 452 g/mol. The number of benzene rings is 1. The Labute approximate surface area is 228 Å². The summed E-state index contributed by atoms with van der Waals surface area (Å²) in [7, 11) is 0. The van der Waals surface area contributed by atoms with Crippen molar-refractivity contribution in [1.29, 1.82) is 0 Å². The highest BCUT2D eigenvalue weighted by atomic mass is 16.5. The van der Waals surface area contributed by atoms with E-state index in [0.717, 1.165) is 49.1 Å². The van der Waals surface area contributed by atoms with E-state index in [9.17, 15) is 0 Å². The van der Waals surface area contributed by atoms with Crippen LogP contribution in [0.3, 0.4) is 0 Å². The van der Waals surface area contributed by atoms with Crippen LogP contribution in [-0.4, -0.2) is 19.3 Å². The van der Waals surface area contributed by atoms with Gasteiger partial charge < -0.3 is 9.47 Å². The molecule has 0 aromatic heterocycles. The number of unbranched alkanes of at least 4 members (excludes halogenated alkanes) is 1. The number of ether oxygens (including phenoxy) is 2. The number of allylic oxidation sites excluding steroid dienone is 3. The molecule has 1 aromatic carbocycles. The van der Waals surface area contributed by atoms with Gasteiger partial charge in [-0.25, -0.2) is 0 Å². The maximum absolute atomic E-state index is 6.04. The van der Waals surface area contributed by atoms with E-state index in [1.165, 1.54) is 114 Å². The van der Waals surface area contributed by atoms with Gasteiger partial charge in [-0.2, -0.15) is 0 Å². The van der Waals surface area contributed by atoms with Crippen LogP contribution in [0.4, 0.5) is 0 Å². The van der Waals surface area contributed by atoms with Gasteiger partial charge in [0.1, 0.15) is 5.75 Å². The second kappa shape index (κ2) is 15.8. The Hall–Kier alpha value is -1.54. The van der Waals surface area contributed by atoms with Crippen molar-refractivity contribution in [2.24, 2.45) is 23.7 Å². The quantitative estimate of drug-likeness (QED) is 0.196. The highest BCUT2D eigenvalue weighted by Gasteiger charge is 2.20. The first-order chi connectivity index (χ1) is 18.1. The largest absolute Gasteiger partial charge is 0.494 e. The molecule has 0 heterocycles. The molecule has 0 unspecified atom stereocenters. The molecular formula is C35H54O2. The van der Waals surface area contributed by atoms with Crippen LogP contribution in [0, 0.1) is 23.7 Å². The molecule has 3 saturated carbocycles. The molecule has 2 heteroatoms. The molecule has 206 valence electrons. The first-order valence-electron chi connectivity index (χ1n) is 15.8. The predicted molar refractivity (Wildman–Crippen MR) is 157 cm³/mol. The third-order valence-corrected chi connectivity index (χ3v) is 9.41. The standard InChI is InChI=1S/C35H54O2/c1-28-8-12-32(13-9-28)18-19-33-16-14-30(15-17-33)6-3-4-7-31-20-24-35(25-21-31)37-27-5-26-36-34-22-10-29(2)11-23-34/h18-21,24-25,29-30,32-34H,1,3-17,22-23,26-27H2,2H3. The van der Waals surface area contributed by atoms with Gasteiger partial charge in [-0.3, -0.25) is 0 Å². The Kier molecular flexibility index (Phi) is 12.1. The van der Waals surface area contributed by atoms with Crippen molar-refractivity contribution in [2.45, 2.75) is 122 Å². The Bertz CT molecular complexity index is 783. The zero-order chi connectivity index (χ0) is 25.7. The van der Waals surface area contributed by atoms with Crippen LogP contribution >= 0.6 is 0 Å². The van der Waals surface area contributed by atoms with Crippen LogP contribution in [0.25, 0.3) is 0 Å². The summed E-state index contributed by atoms with van der Waals surface area (Å²) in [5.74, 6) is 4.50. The molecule has 3 aliphatic rings. The topological polar surface area (TPSA) is 18.5 Å². The summed E-state index contributed by atoms with van der Waals surface area (Å²) in [4.78, 5) is 0. The molecule has 2 nitrogen and oxygen atoms in total. The van der Waals surface area contributed by atoms with Gasteiger partial charge in [0.2, 0.25) is 0 Å². The van der Waals surface area contributed by atoms with Crippen molar-refractivity contribution in [2.75, 3.05) is 13.2 Å². The van der Waals surface area contributed by atoms with E-state index < -0.39 is 0 Å². The summed E-state index contributed by atoms with van der Waals surface area (Å²) in [6.45, 7) is 8.08. The van der Waals surface area contributed by atoms with Crippen LogP contribution in [0.15, 0.2) is 48.6 Å². The van der Waals surface area contributed by atoms with Gasteiger partial charge in [0, 0.05) is 6.42 Å². The molecule has 37 heavy (non-hydrogen) atoms. The van der Waals surface area contributed by atoms with Crippen molar-refractivity contribution < 1.29 is 9.47 Å². The molecule has 0 saturated heterocycles. The highest BCUT2D eigenvalue weighted by Crippen LogP contribution is 2.34. The van der Waals surface area contributed by atoms with E-state index in [0.29, 0.717) is 6.10 Å². The van der Waals surface area contributed by atoms with Crippen molar-refractivity contribution in [3.63, 3.8) is 0 Å². The summed E-state index contributed by atoms with van der Waals surface area (Å²) < 4.78 is 12.0. The van der Waals surface area contributed by atoms with Crippen molar-refractivity contribution in [3.05, 3.63) is 54.1 Å². The lowest BCUT2D eigenvalue weighted by Crippen LogP contribution is -2.21. The first-order valence-corrected chi connectivity index (χ1v) is 15.8. The number of aryl methyl sites for hydroxylation is 1. The Balaban J connectivity index is 1.00. The Morgan fingerprint density at radius 1 is 0.757 bits per heavy atom. The zero-order valence-electron chi connectivity index (χ0n) is 23.8. The molecule has 0 radical (unpaired) electrons. The summed E-state index contributed by atoms with van der Waals surface area (Å²) in [5.41, 5.74) is 2.91. The van der Waals surface area contributed by atoms with Crippen LogP contribution < -0.4 is 4.74 Å². The third kappa shape index (κ3) is 10.6. The van der Waals surface area contributed by atoms with Crippen molar-refractivity contribution in [3.8, 4) is 5.75 Å². The smallest absolute Gasteiger partial charge is 0.119 e. The molecule has 0 bridgehead atoms. The number of hydrogen-bond donors (Lipinski definition) is 0. The minimum Gasteiger partial charge on any atom is -0.494 e. The normalized spacial score (nSPS) is 27.5. The van der Waals surface area contributed by atoms with Crippen molar-refractivity contribution >= 4 is 0 Å². The SMILES string of the molecule is C=C1CCC(C=CC2CCC(CCCCc3ccc(OCCCOC4CCC(C)CC4)cc3)CC2)CC1. The fraction of sp³-hybridized carbons (Fsp3) is 0.714. The minimum atomic E-state index is 0.487. The average Bonchev–Trinajstić information content (AvgIpc) is 2.93. The summed E-state index contributed by atoms with van der Waals surface area (Å²) in [6.07, 6.45) is 27.9. The molecule has 0 N–H and O–H groups in total. The lowest BCUT2D eigenvalue weighted by atomic mass is 9.78. The first kappa shape index (κ1) is 28.5. The van der Waals surface area contributed by atoms with Gasteiger partial charge in [0.05, 0.1) is 19.3 Å². The van der Waals surface area contributed by atoms with Crippen LogP contribution in [0.1, 0.15) is 115 Å². The van der Waals surface area contributed by atoms with Gasteiger partial charge in [-0.1, -0.05) is 56.2 Å². The van der Waals surface area contributed by atoms with Crippen molar-refractivity contribution in [1.82, 2.24) is 0 Å². The van der Waals surface area contributed by atoms with Gasteiger partial charge in [-0.15, -0.1) is 0 Å². The summed E-state index contributed by atoms with van der Waals surface area (Å²) >= 11 is 0. The summed E-state index contributed by atoms with van der Waals surface area (Å²) in [6, 6.07) is 8.82. The molecule has 1 aromatic rings. The van der Waals surface area contributed by atoms with Crippen LogP contribution in [-0.2, 0) is 11.2 Å². The molecule has 0 amide bonds.